The van der Waals surface area contributed by atoms with Gasteiger partial charge in [0.1, 0.15) is 5.82 Å². The molecule has 102 valence electrons. The van der Waals surface area contributed by atoms with E-state index in [0.29, 0.717) is 24.3 Å². The third-order valence-corrected chi connectivity index (χ3v) is 3.16. The number of rotatable bonds is 5. The lowest BCUT2D eigenvalue weighted by atomic mass is 10.2. The molecule has 0 spiro atoms. The summed E-state index contributed by atoms with van der Waals surface area (Å²) in [7, 11) is 0. The Bertz CT molecular complexity index is 638. The quantitative estimate of drug-likeness (QED) is 0.617. The second kappa shape index (κ2) is 6.07. The Morgan fingerprint density at radius 3 is 2.65 bits per heavy atom. The summed E-state index contributed by atoms with van der Waals surface area (Å²) in [6.07, 6.45) is 6.26. The van der Waals surface area contributed by atoms with Gasteiger partial charge in [0.2, 0.25) is 0 Å². The van der Waals surface area contributed by atoms with Gasteiger partial charge in [-0.25, -0.2) is 4.68 Å². The van der Waals surface area contributed by atoms with Gasteiger partial charge >= 0.3 is 0 Å². The van der Waals surface area contributed by atoms with E-state index in [0.717, 1.165) is 17.8 Å². The maximum Gasteiger partial charge on any atom is 0.155 e. The van der Waals surface area contributed by atoms with Gasteiger partial charge in [-0.05, 0) is 26.0 Å². The number of aromatic nitrogens is 2. The van der Waals surface area contributed by atoms with Crippen molar-refractivity contribution in [1.82, 2.24) is 9.78 Å². The van der Waals surface area contributed by atoms with E-state index < -0.39 is 0 Å². The SMILES string of the molecule is C#CCN(CC)c1c(C=O)c(C)nn1-c1ccccc1. The fourth-order valence-corrected chi connectivity index (χ4v) is 2.17. The van der Waals surface area contributed by atoms with Crippen molar-refractivity contribution in [2.24, 2.45) is 0 Å². The number of benzene rings is 1. The number of hydrogen-bond donors (Lipinski definition) is 0. The van der Waals surface area contributed by atoms with Crippen molar-refractivity contribution in [3.63, 3.8) is 0 Å². The van der Waals surface area contributed by atoms with Crippen LogP contribution in [0.4, 0.5) is 5.82 Å². The highest BCUT2D eigenvalue weighted by atomic mass is 16.1. The topological polar surface area (TPSA) is 38.1 Å². The average molecular weight is 267 g/mol. The third kappa shape index (κ3) is 2.43. The van der Waals surface area contributed by atoms with Crippen LogP contribution in [-0.2, 0) is 0 Å². The molecule has 0 aliphatic carbocycles. The number of carbonyl (C=O) groups is 1. The molecule has 2 aromatic rings. The van der Waals surface area contributed by atoms with Crippen LogP contribution in [0.1, 0.15) is 23.0 Å². The zero-order chi connectivity index (χ0) is 14.5. The van der Waals surface area contributed by atoms with Gasteiger partial charge in [-0.2, -0.15) is 5.10 Å². The summed E-state index contributed by atoms with van der Waals surface area (Å²) in [5.41, 5.74) is 2.20. The molecule has 4 heteroatoms. The van der Waals surface area contributed by atoms with Crippen molar-refractivity contribution in [1.29, 1.82) is 0 Å². The van der Waals surface area contributed by atoms with Crippen LogP contribution in [0.2, 0.25) is 0 Å². The van der Waals surface area contributed by atoms with Crippen molar-refractivity contribution >= 4 is 12.1 Å². The second-order valence-corrected chi connectivity index (χ2v) is 4.41. The minimum atomic E-state index is 0.440. The average Bonchev–Trinajstić information content (AvgIpc) is 2.82. The fraction of sp³-hybridized carbons (Fsp3) is 0.250. The van der Waals surface area contributed by atoms with Gasteiger partial charge < -0.3 is 4.90 Å². The smallest absolute Gasteiger partial charge is 0.155 e. The van der Waals surface area contributed by atoms with Crippen LogP contribution in [-0.4, -0.2) is 29.2 Å². The Morgan fingerprint density at radius 2 is 2.10 bits per heavy atom. The van der Waals surface area contributed by atoms with E-state index in [1.807, 2.05) is 49.1 Å². The molecule has 1 aromatic heterocycles. The van der Waals surface area contributed by atoms with E-state index in [4.69, 9.17) is 6.42 Å². The summed E-state index contributed by atoms with van der Waals surface area (Å²) < 4.78 is 1.78. The molecule has 0 aliphatic heterocycles. The molecule has 4 nitrogen and oxygen atoms in total. The second-order valence-electron chi connectivity index (χ2n) is 4.41. The van der Waals surface area contributed by atoms with Crippen molar-refractivity contribution in [3.05, 3.63) is 41.6 Å². The monoisotopic (exact) mass is 267 g/mol. The van der Waals surface area contributed by atoms with E-state index in [9.17, 15) is 4.79 Å². The summed E-state index contributed by atoms with van der Waals surface area (Å²) in [5.74, 6) is 3.38. The predicted molar refractivity (Wildman–Crippen MR) is 80.4 cm³/mol. The highest BCUT2D eigenvalue weighted by molar-refractivity contribution is 5.85. The van der Waals surface area contributed by atoms with Gasteiger partial charge in [-0.15, -0.1) is 6.42 Å². The maximum atomic E-state index is 11.4. The van der Waals surface area contributed by atoms with Crippen LogP contribution >= 0.6 is 0 Å². The number of carbonyl (C=O) groups excluding carboxylic acids is 1. The molecule has 1 heterocycles. The molecule has 2 rings (SSSR count). The van der Waals surface area contributed by atoms with Crippen LogP contribution in [0.15, 0.2) is 30.3 Å². The van der Waals surface area contributed by atoms with Crippen LogP contribution in [0, 0.1) is 19.3 Å². The minimum Gasteiger partial charge on any atom is -0.345 e. The molecular weight excluding hydrogens is 250 g/mol. The minimum absolute atomic E-state index is 0.440. The van der Waals surface area contributed by atoms with Gasteiger partial charge in [-0.3, -0.25) is 4.79 Å². The Morgan fingerprint density at radius 1 is 1.40 bits per heavy atom. The molecule has 20 heavy (non-hydrogen) atoms. The molecule has 1 aromatic carbocycles. The molecule has 0 atom stereocenters. The summed E-state index contributed by atoms with van der Waals surface area (Å²) in [6.45, 7) is 4.98. The van der Waals surface area contributed by atoms with E-state index in [-0.39, 0.29) is 0 Å². The largest absolute Gasteiger partial charge is 0.345 e. The fourth-order valence-electron chi connectivity index (χ4n) is 2.17. The van der Waals surface area contributed by atoms with Crippen molar-refractivity contribution < 1.29 is 4.79 Å². The standard InChI is InChI=1S/C16H17N3O/c1-4-11-18(5-2)16-15(12-20)13(3)17-19(16)14-9-7-6-8-10-14/h1,6-10,12H,5,11H2,2-3H3. The van der Waals surface area contributed by atoms with E-state index in [1.165, 1.54) is 0 Å². The van der Waals surface area contributed by atoms with Gasteiger partial charge in [0, 0.05) is 6.54 Å². The van der Waals surface area contributed by atoms with Gasteiger partial charge in [0.15, 0.2) is 6.29 Å². The molecule has 0 saturated heterocycles. The van der Waals surface area contributed by atoms with E-state index >= 15 is 0 Å². The summed E-state index contributed by atoms with van der Waals surface area (Å²) in [5, 5.41) is 4.48. The molecule has 0 amide bonds. The van der Waals surface area contributed by atoms with Crippen molar-refractivity contribution in [2.75, 3.05) is 18.0 Å². The number of terminal acetylenes is 1. The van der Waals surface area contributed by atoms with Crippen LogP contribution in [0.3, 0.4) is 0 Å². The number of anilines is 1. The lowest BCUT2D eigenvalue weighted by Gasteiger charge is -2.22. The molecule has 0 bridgehead atoms. The first-order valence-corrected chi connectivity index (χ1v) is 6.51. The molecule has 0 saturated carbocycles. The lowest BCUT2D eigenvalue weighted by molar-refractivity contribution is 0.112. The summed E-state index contributed by atoms with van der Waals surface area (Å²) in [4.78, 5) is 13.4. The number of hydrogen-bond acceptors (Lipinski definition) is 3. The van der Waals surface area contributed by atoms with Crippen LogP contribution in [0.5, 0.6) is 0 Å². The Balaban J connectivity index is 2.64. The van der Waals surface area contributed by atoms with Gasteiger partial charge in [0.05, 0.1) is 23.5 Å². The Kier molecular flexibility index (Phi) is 4.21. The molecule has 0 aliphatic rings. The number of para-hydroxylation sites is 1. The zero-order valence-electron chi connectivity index (χ0n) is 11.7. The highest BCUT2D eigenvalue weighted by Crippen LogP contribution is 2.25. The van der Waals surface area contributed by atoms with Crippen molar-refractivity contribution in [3.8, 4) is 18.0 Å². The third-order valence-electron chi connectivity index (χ3n) is 3.16. The molecular formula is C16H17N3O. The molecule has 0 fully saturated rings. The number of aldehydes is 1. The first-order chi connectivity index (χ1) is 9.72. The maximum absolute atomic E-state index is 11.4. The molecule has 0 unspecified atom stereocenters. The lowest BCUT2D eigenvalue weighted by Crippen LogP contribution is -2.26. The first kappa shape index (κ1) is 13.9. The Hall–Kier alpha value is -2.54. The summed E-state index contributed by atoms with van der Waals surface area (Å²) in [6, 6.07) is 9.73. The van der Waals surface area contributed by atoms with E-state index in [2.05, 4.69) is 11.0 Å². The molecule has 0 N–H and O–H groups in total. The normalized spacial score (nSPS) is 10.1. The van der Waals surface area contributed by atoms with E-state index in [1.54, 1.807) is 4.68 Å². The highest BCUT2D eigenvalue weighted by Gasteiger charge is 2.20. The molecule has 0 radical (unpaired) electrons. The first-order valence-electron chi connectivity index (χ1n) is 6.51. The van der Waals surface area contributed by atoms with Crippen molar-refractivity contribution in [2.45, 2.75) is 13.8 Å². The van der Waals surface area contributed by atoms with Crippen LogP contribution in [0.25, 0.3) is 5.69 Å². The van der Waals surface area contributed by atoms with Crippen LogP contribution < -0.4 is 4.90 Å². The summed E-state index contributed by atoms with van der Waals surface area (Å²) >= 11 is 0. The Labute approximate surface area is 119 Å². The van der Waals surface area contributed by atoms with Gasteiger partial charge in [0.25, 0.3) is 0 Å². The predicted octanol–water partition coefficient (Wildman–Crippen LogP) is 2.45. The number of nitrogens with zero attached hydrogens (tertiary/aromatic N) is 3. The zero-order valence-corrected chi connectivity index (χ0v) is 11.7. The van der Waals surface area contributed by atoms with Gasteiger partial charge in [-0.1, -0.05) is 24.1 Å². The number of aryl methyl sites for hydroxylation is 1.